The number of amidine groups is 1. The third-order valence-corrected chi connectivity index (χ3v) is 9.46. The third-order valence-electron chi connectivity index (χ3n) is 7.36. The molecule has 0 unspecified atom stereocenters. The van der Waals surface area contributed by atoms with E-state index >= 15 is 0 Å². The van der Waals surface area contributed by atoms with Crippen LogP contribution in [0.15, 0.2) is 40.6 Å². The summed E-state index contributed by atoms with van der Waals surface area (Å²) >= 11 is 1.23. The lowest BCUT2D eigenvalue weighted by atomic mass is 10.0. The molecule has 1 saturated heterocycles. The minimum Gasteiger partial charge on any atom is -0.494 e. The van der Waals surface area contributed by atoms with E-state index in [4.69, 9.17) is 15.3 Å². The van der Waals surface area contributed by atoms with Crippen LogP contribution in [0.5, 0.6) is 5.75 Å². The molecule has 1 aromatic carbocycles. The number of benzene rings is 1. The van der Waals surface area contributed by atoms with Crippen LogP contribution < -0.4 is 20.7 Å². The van der Waals surface area contributed by atoms with Gasteiger partial charge >= 0.3 is 16.3 Å². The number of carbonyl (C=O) groups is 4. The number of amides is 4. The van der Waals surface area contributed by atoms with Gasteiger partial charge < -0.3 is 25.4 Å². The maximum Gasteiger partial charge on any atom is 0.410 e. The first-order valence-electron chi connectivity index (χ1n) is 13.2. The van der Waals surface area contributed by atoms with Crippen LogP contribution in [0.4, 0.5) is 24.2 Å². The molecule has 4 amide bonds. The first kappa shape index (κ1) is 33.0. The normalized spacial score (nSPS) is 22.2. The lowest BCUT2D eigenvalue weighted by Gasteiger charge is -2.40. The van der Waals surface area contributed by atoms with Gasteiger partial charge in [-0.3, -0.25) is 25.1 Å². The molecule has 11 nitrogen and oxygen atoms in total. The number of piperidine rings is 1. The number of carboxylic acid groups (broad SMARTS) is 1. The lowest BCUT2D eigenvalue weighted by molar-refractivity contribution is -0.140. The molecule has 1 aromatic heterocycles. The minimum absolute atomic E-state index is 0.0776. The molecule has 18 heteroatoms. The number of hydrogen-bond donors (Lipinski definition) is 5. The molecule has 5 N–H and O–H groups in total. The standard InChI is InChI=1S/C26H30F5N5O6S2/c1-26-10-19(24(39)34-12-17-9-15(14-43-17)23(32)35-25(40)41)36(20(26)11-26)22(38)13-33-21(37)3-2-8-42-16-4-6-18(7-5-16)44(27,28,29,30)31/h4-7,9,14,19-20H,2-3,8,10-13H2,1H3,(H2,32,35)(H,33,37)(H,34,39)(H,40,41)/t19-,20-,26+/m0/s1. The lowest BCUT2D eigenvalue weighted by Crippen LogP contribution is -2.50. The summed E-state index contributed by atoms with van der Waals surface area (Å²) in [5.74, 6) is -1.68. The SMILES string of the molecule is C[C@@]12C[C@@H]1N(C(=O)CNC(=O)CCCOc1ccc(S(F)(F)(F)(F)F)cc1)[C@H](C(=O)NCc1cc(C(=N)NC(=O)O)cs1)C2. The van der Waals surface area contributed by atoms with E-state index in [1.54, 1.807) is 11.4 Å². The summed E-state index contributed by atoms with van der Waals surface area (Å²) in [6.07, 6.45) is -0.134. The zero-order valence-corrected chi connectivity index (χ0v) is 24.8. The third kappa shape index (κ3) is 8.16. The molecule has 2 heterocycles. The Morgan fingerprint density at radius 1 is 1.11 bits per heavy atom. The second-order valence-electron chi connectivity index (χ2n) is 10.9. The van der Waals surface area contributed by atoms with Crippen molar-refractivity contribution in [1.29, 1.82) is 5.41 Å². The molecular formula is C26H30F5N5O6S2. The molecule has 2 fully saturated rings. The van der Waals surface area contributed by atoms with Crippen LogP contribution in [-0.2, 0) is 20.9 Å². The fourth-order valence-electron chi connectivity index (χ4n) is 5.01. The molecule has 3 atom stereocenters. The van der Waals surface area contributed by atoms with Crippen LogP contribution in [0, 0.1) is 10.8 Å². The fourth-order valence-corrected chi connectivity index (χ4v) is 6.47. The average Bonchev–Trinajstić information content (AvgIpc) is 3.23. The zero-order chi connectivity index (χ0) is 32.6. The van der Waals surface area contributed by atoms with E-state index in [1.165, 1.54) is 16.2 Å². The average molecular weight is 668 g/mol. The molecular weight excluding hydrogens is 637 g/mol. The summed E-state index contributed by atoms with van der Waals surface area (Å²) in [4.78, 5) is 49.2. The van der Waals surface area contributed by atoms with Gasteiger partial charge in [-0.05, 0) is 55.0 Å². The smallest absolute Gasteiger partial charge is 0.410 e. The van der Waals surface area contributed by atoms with Gasteiger partial charge in [0.2, 0.25) is 17.7 Å². The summed E-state index contributed by atoms with van der Waals surface area (Å²) in [7, 11) is -9.77. The van der Waals surface area contributed by atoms with Crippen LogP contribution in [0.25, 0.3) is 0 Å². The van der Waals surface area contributed by atoms with Gasteiger partial charge in [0.25, 0.3) is 0 Å². The number of carbonyl (C=O) groups excluding carboxylic acids is 3. The van der Waals surface area contributed by atoms with Gasteiger partial charge in [0.05, 0.1) is 19.7 Å². The van der Waals surface area contributed by atoms with E-state index in [2.05, 4.69) is 10.6 Å². The van der Waals surface area contributed by atoms with Gasteiger partial charge in [-0.2, -0.15) is 0 Å². The maximum absolute atomic E-state index is 13.0. The largest absolute Gasteiger partial charge is 0.494 e. The van der Waals surface area contributed by atoms with Crippen molar-refractivity contribution >= 4 is 51.2 Å². The molecule has 1 aliphatic heterocycles. The van der Waals surface area contributed by atoms with Gasteiger partial charge in [-0.1, -0.05) is 26.4 Å². The van der Waals surface area contributed by atoms with Crippen molar-refractivity contribution in [2.24, 2.45) is 5.41 Å². The van der Waals surface area contributed by atoms with E-state index in [1.807, 2.05) is 12.2 Å². The highest BCUT2D eigenvalue weighted by molar-refractivity contribution is 8.45. The predicted octanol–water partition coefficient (Wildman–Crippen LogP) is 4.97. The summed E-state index contributed by atoms with van der Waals surface area (Å²) < 4.78 is 69.2. The zero-order valence-electron chi connectivity index (χ0n) is 23.2. The summed E-state index contributed by atoms with van der Waals surface area (Å²) in [5.41, 5.74) is 0.144. The summed E-state index contributed by atoms with van der Waals surface area (Å²) in [6.45, 7) is 1.65. The number of ether oxygens (including phenoxy) is 1. The van der Waals surface area contributed by atoms with Crippen molar-refractivity contribution in [3.63, 3.8) is 0 Å². The summed E-state index contributed by atoms with van der Waals surface area (Å²) in [6, 6.07) is 2.70. The first-order valence-corrected chi connectivity index (χ1v) is 16.1. The van der Waals surface area contributed by atoms with Crippen molar-refractivity contribution in [1.82, 2.24) is 20.9 Å². The van der Waals surface area contributed by atoms with Crippen LogP contribution in [0.1, 0.15) is 43.0 Å². The molecule has 242 valence electrons. The van der Waals surface area contributed by atoms with E-state index < -0.39 is 39.1 Å². The summed E-state index contributed by atoms with van der Waals surface area (Å²) in [5, 5.41) is 25.3. The van der Waals surface area contributed by atoms with Crippen LogP contribution >= 0.6 is 21.6 Å². The Bertz CT molecular complexity index is 1490. The van der Waals surface area contributed by atoms with E-state index in [9.17, 15) is 38.6 Å². The number of nitrogens with zero attached hydrogens (tertiary/aromatic N) is 1. The molecule has 1 saturated carbocycles. The number of fused-ring (bicyclic) bond motifs is 1. The van der Waals surface area contributed by atoms with Crippen molar-refractivity contribution in [3.05, 3.63) is 46.2 Å². The molecule has 1 aliphatic carbocycles. The first-order chi connectivity index (χ1) is 20.3. The van der Waals surface area contributed by atoms with Crippen molar-refractivity contribution in [3.8, 4) is 5.75 Å². The number of halogens is 5. The van der Waals surface area contributed by atoms with Crippen molar-refractivity contribution < 1.29 is 48.5 Å². The Morgan fingerprint density at radius 2 is 1.80 bits per heavy atom. The Kier molecular flexibility index (Phi) is 8.40. The number of likely N-dealkylation sites (tertiary alicyclic amines) is 1. The van der Waals surface area contributed by atoms with E-state index in [0.29, 0.717) is 16.9 Å². The molecule has 44 heavy (non-hydrogen) atoms. The molecule has 4 rings (SSSR count). The molecule has 0 spiro atoms. The second kappa shape index (κ2) is 11.2. The second-order valence-corrected chi connectivity index (χ2v) is 14.3. The Labute approximate surface area is 252 Å². The van der Waals surface area contributed by atoms with Gasteiger partial charge in [-0.15, -0.1) is 11.3 Å². The van der Waals surface area contributed by atoms with Crippen molar-refractivity contribution in [2.45, 2.75) is 56.1 Å². The Balaban J connectivity index is 1.21. The van der Waals surface area contributed by atoms with Crippen LogP contribution in [0.3, 0.4) is 0 Å². The van der Waals surface area contributed by atoms with E-state index in [-0.39, 0.29) is 73.6 Å². The molecule has 0 bridgehead atoms. The predicted molar refractivity (Wildman–Crippen MR) is 151 cm³/mol. The maximum atomic E-state index is 13.0. The highest BCUT2D eigenvalue weighted by atomic mass is 32.5. The number of thiophene rings is 1. The molecule has 2 aliphatic rings. The van der Waals surface area contributed by atoms with Gasteiger partial charge in [0.1, 0.15) is 22.5 Å². The number of hydrogen-bond acceptors (Lipinski definition) is 7. The Hall–Kier alpha value is -3.93. The number of nitrogens with one attached hydrogen (secondary N) is 4. The minimum atomic E-state index is -9.77. The van der Waals surface area contributed by atoms with Gasteiger partial charge in [-0.25, -0.2) is 4.79 Å². The topological polar surface area (TPSA) is 161 Å². The van der Waals surface area contributed by atoms with E-state index in [0.717, 1.165) is 18.6 Å². The van der Waals surface area contributed by atoms with Gasteiger partial charge in [0.15, 0.2) is 0 Å². The quantitative estimate of drug-likeness (QED) is 0.0930. The monoisotopic (exact) mass is 667 g/mol. The highest BCUT2D eigenvalue weighted by Gasteiger charge is 2.65. The van der Waals surface area contributed by atoms with Crippen LogP contribution in [0.2, 0.25) is 0 Å². The Morgan fingerprint density at radius 3 is 2.43 bits per heavy atom. The van der Waals surface area contributed by atoms with Crippen LogP contribution in [-0.4, -0.2) is 64.9 Å². The molecule has 2 aromatic rings. The highest BCUT2D eigenvalue weighted by Crippen LogP contribution is 3.02. The fraction of sp³-hybridized carbons (Fsp3) is 0.423. The molecule has 0 radical (unpaired) electrons. The van der Waals surface area contributed by atoms with Crippen molar-refractivity contribution in [2.75, 3.05) is 13.2 Å². The number of rotatable bonds is 12. The van der Waals surface area contributed by atoms with Gasteiger partial charge in [0, 0.05) is 28.3 Å².